The Hall–Kier alpha value is -3.18. The van der Waals surface area contributed by atoms with Gasteiger partial charge in [-0.25, -0.2) is 4.39 Å². The molecule has 0 N–H and O–H groups in total. The van der Waals surface area contributed by atoms with Gasteiger partial charge in [-0.1, -0.05) is 43.3 Å². The molecule has 0 atom stereocenters. The first-order valence-corrected chi connectivity index (χ1v) is 11.5. The summed E-state index contributed by atoms with van der Waals surface area (Å²) in [5.41, 5.74) is 3.53. The Morgan fingerprint density at radius 1 is 1.03 bits per heavy atom. The third-order valence-corrected chi connectivity index (χ3v) is 6.30. The van der Waals surface area contributed by atoms with Gasteiger partial charge in [-0.2, -0.15) is 0 Å². The molecule has 0 unspecified atom stereocenters. The predicted octanol–water partition coefficient (Wildman–Crippen LogP) is 5.71. The number of hydrogen-bond donors (Lipinski definition) is 0. The number of ether oxygens (including phenoxy) is 2. The largest absolute Gasteiger partial charge is 0.493 e. The van der Waals surface area contributed by atoms with E-state index >= 15 is 0 Å². The molecule has 0 spiro atoms. The quantitative estimate of drug-likeness (QED) is 0.446. The van der Waals surface area contributed by atoms with Crippen LogP contribution in [0, 0.1) is 11.2 Å². The van der Waals surface area contributed by atoms with E-state index in [1.807, 2.05) is 59.5 Å². The first-order chi connectivity index (χ1) is 16.0. The predicted molar refractivity (Wildman–Crippen MR) is 126 cm³/mol. The zero-order valence-electron chi connectivity index (χ0n) is 18.8. The molecule has 3 aromatic carbocycles. The van der Waals surface area contributed by atoms with E-state index < -0.39 is 0 Å². The van der Waals surface area contributed by atoms with E-state index in [4.69, 9.17) is 9.47 Å². The van der Waals surface area contributed by atoms with Crippen molar-refractivity contribution in [1.82, 2.24) is 4.90 Å². The Bertz CT molecular complexity index is 1120. The summed E-state index contributed by atoms with van der Waals surface area (Å²) < 4.78 is 24.7. The Kier molecular flexibility index (Phi) is 5.90. The molecular weight excluding hydrogens is 417 g/mol. The first-order valence-electron chi connectivity index (χ1n) is 11.5. The summed E-state index contributed by atoms with van der Waals surface area (Å²) in [5.74, 6) is 0.598. The molecule has 2 fully saturated rings. The fourth-order valence-electron chi connectivity index (χ4n) is 4.07. The van der Waals surface area contributed by atoms with Crippen LogP contribution in [-0.4, -0.2) is 36.7 Å². The highest BCUT2D eigenvalue weighted by Gasteiger charge is 2.34. The average Bonchev–Trinajstić information content (AvgIpc) is 3.66. The van der Waals surface area contributed by atoms with Crippen LogP contribution in [0.15, 0.2) is 72.8 Å². The topological polar surface area (TPSA) is 38.8 Å². The van der Waals surface area contributed by atoms with Gasteiger partial charge in [0.25, 0.3) is 5.91 Å². The summed E-state index contributed by atoms with van der Waals surface area (Å²) in [6.45, 7) is 4.86. The number of benzene rings is 3. The molecule has 1 heterocycles. The van der Waals surface area contributed by atoms with Gasteiger partial charge in [0.2, 0.25) is 0 Å². The summed E-state index contributed by atoms with van der Waals surface area (Å²) in [6, 6.07) is 22.2. The number of carbonyl (C=O) groups excluding carboxylic acids is 1. The molecule has 0 radical (unpaired) electrons. The van der Waals surface area contributed by atoms with E-state index in [-0.39, 0.29) is 23.2 Å². The lowest BCUT2D eigenvalue weighted by molar-refractivity contribution is -0.120. The second kappa shape index (κ2) is 8.99. The molecule has 4 nitrogen and oxygen atoms in total. The van der Waals surface area contributed by atoms with Crippen LogP contribution in [0.3, 0.4) is 0 Å². The lowest BCUT2D eigenvalue weighted by atomic mass is 9.90. The number of rotatable bonds is 8. The summed E-state index contributed by atoms with van der Waals surface area (Å²) in [5, 5.41) is 0. The number of halogens is 1. The highest BCUT2D eigenvalue weighted by molar-refractivity contribution is 5.95. The number of hydrogen-bond acceptors (Lipinski definition) is 3. The third kappa shape index (κ3) is 5.09. The molecule has 1 saturated heterocycles. The summed E-state index contributed by atoms with van der Waals surface area (Å²) in [6.07, 6.45) is 2.07. The molecule has 0 bridgehead atoms. The van der Waals surface area contributed by atoms with Crippen molar-refractivity contribution in [2.75, 3.05) is 19.8 Å². The smallest absolute Gasteiger partial charge is 0.254 e. The number of amides is 1. The van der Waals surface area contributed by atoms with Gasteiger partial charge in [0, 0.05) is 23.6 Å². The Labute approximate surface area is 193 Å². The highest BCUT2D eigenvalue weighted by atomic mass is 19.1. The molecule has 3 aromatic rings. The molecule has 1 aliphatic carbocycles. The van der Waals surface area contributed by atoms with Gasteiger partial charge >= 0.3 is 0 Å². The molecule has 1 amide bonds. The number of carbonyl (C=O) groups is 1. The molecule has 1 saturated carbocycles. The van der Waals surface area contributed by atoms with Crippen LogP contribution in [0.4, 0.5) is 4.39 Å². The maximum absolute atomic E-state index is 13.5. The molecule has 2 aliphatic rings. The molecule has 5 rings (SSSR count). The van der Waals surface area contributed by atoms with Gasteiger partial charge in [0.05, 0.1) is 19.8 Å². The van der Waals surface area contributed by atoms with E-state index in [9.17, 15) is 9.18 Å². The van der Waals surface area contributed by atoms with E-state index in [1.165, 1.54) is 12.1 Å². The van der Waals surface area contributed by atoms with Crippen molar-refractivity contribution < 1.29 is 18.7 Å². The minimum absolute atomic E-state index is 0.0292. The summed E-state index contributed by atoms with van der Waals surface area (Å²) >= 11 is 0. The fraction of sp³-hybridized carbons (Fsp3) is 0.321. The highest BCUT2D eigenvalue weighted by Crippen LogP contribution is 2.31. The van der Waals surface area contributed by atoms with Crippen molar-refractivity contribution >= 4 is 5.91 Å². The van der Waals surface area contributed by atoms with E-state index in [2.05, 4.69) is 6.92 Å². The Balaban J connectivity index is 1.24. The third-order valence-electron chi connectivity index (χ3n) is 6.30. The lowest BCUT2D eigenvalue weighted by Crippen LogP contribution is -2.44. The van der Waals surface area contributed by atoms with Crippen LogP contribution < -0.4 is 4.74 Å². The Morgan fingerprint density at radius 2 is 1.76 bits per heavy atom. The van der Waals surface area contributed by atoms with Crippen molar-refractivity contribution in [3.8, 4) is 16.9 Å². The van der Waals surface area contributed by atoms with Gasteiger partial charge in [-0.3, -0.25) is 4.79 Å². The second-order valence-electron chi connectivity index (χ2n) is 9.49. The van der Waals surface area contributed by atoms with Crippen LogP contribution in [0.2, 0.25) is 0 Å². The minimum Gasteiger partial charge on any atom is -0.493 e. The average molecular weight is 446 g/mol. The summed E-state index contributed by atoms with van der Waals surface area (Å²) in [7, 11) is 0. The van der Waals surface area contributed by atoms with Gasteiger partial charge in [-0.15, -0.1) is 0 Å². The van der Waals surface area contributed by atoms with Crippen molar-refractivity contribution in [2.45, 2.75) is 32.4 Å². The lowest BCUT2D eigenvalue weighted by Gasteiger charge is -2.37. The van der Waals surface area contributed by atoms with Gasteiger partial charge in [0.15, 0.2) is 0 Å². The van der Waals surface area contributed by atoms with Crippen molar-refractivity contribution in [3.63, 3.8) is 0 Å². The Morgan fingerprint density at radius 3 is 2.36 bits per heavy atom. The summed E-state index contributed by atoms with van der Waals surface area (Å²) in [4.78, 5) is 15.2. The van der Waals surface area contributed by atoms with Crippen LogP contribution >= 0.6 is 0 Å². The molecule has 170 valence electrons. The van der Waals surface area contributed by atoms with Crippen LogP contribution in [0.1, 0.15) is 35.7 Å². The van der Waals surface area contributed by atoms with Crippen LogP contribution in [0.5, 0.6) is 5.75 Å². The van der Waals surface area contributed by atoms with E-state index in [0.29, 0.717) is 18.7 Å². The maximum Gasteiger partial charge on any atom is 0.254 e. The first kappa shape index (κ1) is 21.7. The number of nitrogens with zero attached hydrogens (tertiary/aromatic N) is 1. The molecule has 1 aliphatic heterocycles. The second-order valence-corrected chi connectivity index (χ2v) is 9.49. The molecule has 33 heavy (non-hydrogen) atoms. The van der Waals surface area contributed by atoms with Gasteiger partial charge in [0.1, 0.15) is 11.6 Å². The van der Waals surface area contributed by atoms with Gasteiger partial charge < -0.3 is 14.4 Å². The van der Waals surface area contributed by atoms with Crippen LogP contribution in [0.25, 0.3) is 11.1 Å². The molecule has 0 aromatic heterocycles. The van der Waals surface area contributed by atoms with E-state index in [0.717, 1.165) is 48.5 Å². The molecular formula is C28H28FNO3. The zero-order valence-corrected chi connectivity index (χ0v) is 18.8. The van der Waals surface area contributed by atoms with Gasteiger partial charge in [-0.05, 0) is 65.9 Å². The monoisotopic (exact) mass is 445 g/mol. The van der Waals surface area contributed by atoms with Crippen molar-refractivity contribution in [2.24, 2.45) is 5.41 Å². The standard InChI is InChI=1S/C28H28FNO3/c1-28(17-32-18-28)19-33-26-13-5-20(6-14-26)16-30(25-11-12-25)27(31)22-9-7-21(8-10-22)23-3-2-4-24(29)15-23/h2-10,13-15,25H,11-12,16-19H2,1H3. The fourth-order valence-corrected chi connectivity index (χ4v) is 4.07. The zero-order chi connectivity index (χ0) is 22.8. The SMILES string of the molecule is CC1(COc2ccc(CN(C(=O)c3ccc(-c4cccc(F)c4)cc3)C3CC3)cc2)COC1. The van der Waals surface area contributed by atoms with Crippen LogP contribution in [-0.2, 0) is 11.3 Å². The molecule has 5 heteroatoms. The maximum atomic E-state index is 13.5. The minimum atomic E-state index is -0.268. The normalized spacial score (nSPS) is 16.7. The van der Waals surface area contributed by atoms with E-state index in [1.54, 1.807) is 6.07 Å². The van der Waals surface area contributed by atoms with Crippen molar-refractivity contribution in [1.29, 1.82) is 0 Å². The van der Waals surface area contributed by atoms with Crippen molar-refractivity contribution in [3.05, 3.63) is 89.7 Å².